The molecule has 1 aromatic rings. The van der Waals surface area contributed by atoms with E-state index in [1.807, 2.05) is 0 Å². The van der Waals surface area contributed by atoms with Gasteiger partial charge in [0.05, 0.1) is 5.69 Å². The first kappa shape index (κ1) is 15.7. The Kier molecular flexibility index (Phi) is 4.77. The second-order valence-electron chi connectivity index (χ2n) is 5.10. The molecule has 21 heavy (non-hydrogen) atoms. The highest BCUT2D eigenvalue weighted by atomic mass is 32.2. The number of halogens is 1. The highest BCUT2D eigenvalue weighted by Crippen LogP contribution is 2.29. The molecule has 0 aromatic heterocycles. The quantitative estimate of drug-likeness (QED) is 0.802. The molecule has 1 aliphatic rings. The Hall–Kier alpha value is -1.69. The smallest absolute Gasteiger partial charge is 0.227 e. The molecule has 0 spiro atoms. The van der Waals surface area contributed by atoms with Gasteiger partial charge in [-0.15, -0.1) is 0 Å². The van der Waals surface area contributed by atoms with Crippen LogP contribution in [0.2, 0.25) is 0 Å². The maximum absolute atomic E-state index is 14.1. The normalized spacial score (nSPS) is 18.1. The van der Waals surface area contributed by atoms with Gasteiger partial charge in [-0.2, -0.15) is 0 Å². The molecule has 0 N–H and O–H groups in total. The molecule has 2 rings (SSSR count). The molecule has 1 atom stereocenters. The SMILES string of the molecule is CC(=O)SCC1CC(=O)N(c2ccc(C(C)=O)cc2F)C1. The first-order valence-corrected chi connectivity index (χ1v) is 7.61. The zero-order valence-electron chi connectivity index (χ0n) is 11.9. The summed E-state index contributed by atoms with van der Waals surface area (Å²) < 4.78 is 14.1. The van der Waals surface area contributed by atoms with Gasteiger partial charge in [0.2, 0.25) is 5.91 Å². The van der Waals surface area contributed by atoms with Gasteiger partial charge in [-0.1, -0.05) is 11.8 Å². The van der Waals surface area contributed by atoms with Gasteiger partial charge in [0, 0.05) is 31.2 Å². The topological polar surface area (TPSA) is 54.5 Å². The van der Waals surface area contributed by atoms with Crippen LogP contribution in [0.5, 0.6) is 0 Å². The summed E-state index contributed by atoms with van der Waals surface area (Å²) in [6, 6.07) is 4.14. The monoisotopic (exact) mass is 309 g/mol. The summed E-state index contributed by atoms with van der Waals surface area (Å²) >= 11 is 1.18. The molecule has 1 heterocycles. The molecule has 0 aliphatic carbocycles. The minimum Gasteiger partial charge on any atom is -0.309 e. The van der Waals surface area contributed by atoms with Crippen LogP contribution in [0, 0.1) is 11.7 Å². The van der Waals surface area contributed by atoms with Gasteiger partial charge in [-0.05, 0) is 31.0 Å². The van der Waals surface area contributed by atoms with E-state index in [1.54, 1.807) is 0 Å². The molecule has 112 valence electrons. The van der Waals surface area contributed by atoms with Crippen molar-refractivity contribution in [3.63, 3.8) is 0 Å². The first-order chi connectivity index (χ1) is 9.88. The molecule has 4 nitrogen and oxygen atoms in total. The zero-order chi connectivity index (χ0) is 15.6. The van der Waals surface area contributed by atoms with Crippen molar-refractivity contribution >= 4 is 34.3 Å². The lowest BCUT2D eigenvalue weighted by Crippen LogP contribution is -2.26. The number of carbonyl (C=O) groups excluding carboxylic acids is 3. The van der Waals surface area contributed by atoms with Gasteiger partial charge in [-0.25, -0.2) is 4.39 Å². The van der Waals surface area contributed by atoms with Crippen LogP contribution in [0.3, 0.4) is 0 Å². The molecule has 1 saturated heterocycles. The van der Waals surface area contributed by atoms with Gasteiger partial charge in [0.25, 0.3) is 0 Å². The molecular formula is C15H16FNO3S. The average molecular weight is 309 g/mol. The van der Waals surface area contributed by atoms with Crippen molar-refractivity contribution in [2.24, 2.45) is 5.92 Å². The average Bonchev–Trinajstić information content (AvgIpc) is 2.77. The van der Waals surface area contributed by atoms with E-state index in [-0.39, 0.29) is 34.0 Å². The Morgan fingerprint density at radius 3 is 2.67 bits per heavy atom. The van der Waals surface area contributed by atoms with Crippen molar-refractivity contribution in [2.75, 3.05) is 17.2 Å². The maximum atomic E-state index is 14.1. The van der Waals surface area contributed by atoms with Crippen LogP contribution < -0.4 is 4.90 Å². The van der Waals surface area contributed by atoms with Gasteiger partial charge in [0.15, 0.2) is 10.9 Å². The number of amides is 1. The minimum absolute atomic E-state index is 0.0119. The summed E-state index contributed by atoms with van der Waals surface area (Å²) in [5.74, 6) is -0.346. The molecule has 1 aliphatic heterocycles. The summed E-state index contributed by atoms with van der Waals surface area (Å²) in [4.78, 5) is 35.6. The highest BCUT2D eigenvalue weighted by molar-refractivity contribution is 8.13. The molecule has 1 aromatic carbocycles. The fourth-order valence-corrected chi connectivity index (χ4v) is 3.00. The van der Waals surface area contributed by atoms with Crippen LogP contribution in [0.1, 0.15) is 30.6 Å². The van der Waals surface area contributed by atoms with Crippen LogP contribution in [0.4, 0.5) is 10.1 Å². The molecule has 1 amide bonds. The van der Waals surface area contributed by atoms with Gasteiger partial charge < -0.3 is 4.90 Å². The third-order valence-corrected chi connectivity index (χ3v) is 4.42. The molecule has 1 fully saturated rings. The largest absolute Gasteiger partial charge is 0.309 e. The minimum atomic E-state index is -0.573. The molecular weight excluding hydrogens is 293 g/mol. The van der Waals surface area contributed by atoms with Crippen molar-refractivity contribution in [1.82, 2.24) is 0 Å². The highest BCUT2D eigenvalue weighted by Gasteiger charge is 2.32. The predicted molar refractivity (Wildman–Crippen MR) is 80.0 cm³/mol. The molecule has 0 radical (unpaired) electrons. The number of ketones is 1. The summed E-state index contributed by atoms with van der Waals surface area (Å²) in [5, 5.41) is 0.0119. The number of Topliss-reactive ketones (excluding diaryl/α,β-unsaturated/α-hetero) is 1. The number of hydrogen-bond acceptors (Lipinski definition) is 4. The Morgan fingerprint density at radius 1 is 1.38 bits per heavy atom. The van der Waals surface area contributed by atoms with E-state index in [1.165, 1.54) is 42.6 Å². The Morgan fingerprint density at radius 2 is 2.10 bits per heavy atom. The van der Waals surface area contributed by atoms with Gasteiger partial charge in [-0.3, -0.25) is 14.4 Å². The van der Waals surface area contributed by atoms with Gasteiger partial charge in [0.1, 0.15) is 5.82 Å². The molecule has 1 unspecified atom stereocenters. The standard InChI is InChI=1S/C15H16FNO3S/c1-9(18)12-3-4-14(13(16)6-12)17-7-11(5-15(17)20)8-21-10(2)19/h3-4,6,11H,5,7-8H2,1-2H3. The second-order valence-corrected chi connectivity index (χ2v) is 6.30. The van der Waals surface area contributed by atoms with Crippen molar-refractivity contribution < 1.29 is 18.8 Å². The molecule has 0 bridgehead atoms. The third kappa shape index (κ3) is 3.69. The number of benzene rings is 1. The van der Waals surface area contributed by atoms with Crippen LogP contribution in [-0.2, 0) is 9.59 Å². The van der Waals surface area contributed by atoms with E-state index in [9.17, 15) is 18.8 Å². The van der Waals surface area contributed by atoms with E-state index in [0.717, 1.165) is 6.07 Å². The summed E-state index contributed by atoms with van der Waals surface area (Å²) in [7, 11) is 0. The van der Waals surface area contributed by atoms with E-state index < -0.39 is 5.82 Å². The van der Waals surface area contributed by atoms with Crippen LogP contribution in [0.15, 0.2) is 18.2 Å². The summed E-state index contributed by atoms with van der Waals surface area (Å²) in [5.41, 5.74) is 0.479. The van der Waals surface area contributed by atoms with Gasteiger partial charge >= 0.3 is 0 Å². The maximum Gasteiger partial charge on any atom is 0.227 e. The zero-order valence-corrected chi connectivity index (χ0v) is 12.7. The van der Waals surface area contributed by atoms with E-state index in [0.29, 0.717) is 18.7 Å². The Bertz CT molecular complexity index is 603. The number of anilines is 1. The predicted octanol–water partition coefficient (Wildman–Crippen LogP) is 2.66. The van der Waals surface area contributed by atoms with Crippen molar-refractivity contribution in [1.29, 1.82) is 0 Å². The Labute approximate surface area is 126 Å². The fourth-order valence-electron chi connectivity index (χ4n) is 2.31. The number of nitrogens with zero attached hydrogens (tertiary/aromatic N) is 1. The number of thioether (sulfide) groups is 1. The second kappa shape index (κ2) is 6.39. The lowest BCUT2D eigenvalue weighted by molar-refractivity contribution is -0.117. The van der Waals surface area contributed by atoms with E-state index >= 15 is 0 Å². The van der Waals surface area contributed by atoms with Crippen molar-refractivity contribution in [3.8, 4) is 0 Å². The number of hydrogen-bond donors (Lipinski definition) is 0. The fraction of sp³-hybridized carbons (Fsp3) is 0.400. The lowest BCUT2D eigenvalue weighted by atomic mass is 10.1. The van der Waals surface area contributed by atoms with Crippen LogP contribution in [0.25, 0.3) is 0 Å². The Balaban J connectivity index is 2.13. The molecule has 6 heteroatoms. The van der Waals surface area contributed by atoms with E-state index in [4.69, 9.17) is 0 Å². The summed E-state index contributed by atoms with van der Waals surface area (Å²) in [6.07, 6.45) is 0.314. The lowest BCUT2D eigenvalue weighted by Gasteiger charge is -2.17. The number of rotatable bonds is 4. The molecule has 0 saturated carbocycles. The third-order valence-electron chi connectivity index (χ3n) is 3.37. The van der Waals surface area contributed by atoms with E-state index in [2.05, 4.69) is 0 Å². The van der Waals surface area contributed by atoms with Crippen molar-refractivity contribution in [3.05, 3.63) is 29.6 Å². The van der Waals surface area contributed by atoms with Crippen LogP contribution >= 0.6 is 11.8 Å². The summed E-state index contributed by atoms with van der Waals surface area (Å²) in [6.45, 7) is 3.25. The van der Waals surface area contributed by atoms with Crippen LogP contribution in [-0.4, -0.2) is 29.1 Å². The first-order valence-electron chi connectivity index (χ1n) is 6.62. The number of carbonyl (C=O) groups is 3. The van der Waals surface area contributed by atoms with Crippen molar-refractivity contribution in [2.45, 2.75) is 20.3 Å².